The van der Waals surface area contributed by atoms with Crippen molar-refractivity contribution >= 4 is 23.4 Å². The minimum atomic E-state index is -0.862. The van der Waals surface area contributed by atoms with Crippen molar-refractivity contribution in [1.29, 1.82) is 0 Å². The van der Waals surface area contributed by atoms with Crippen LogP contribution in [0.2, 0.25) is 0 Å². The number of carbonyl (C=O) groups is 1. The molecule has 2 heterocycles. The molecule has 1 aromatic rings. The minimum absolute atomic E-state index is 0.234. The maximum absolute atomic E-state index is 10.8. The lowest BCUT2D eigenvalue weighted by molar-refractivity contribution is 0.0702. The maximum Gasteiger partial charge on any atom is 0.345 e. The predicted molar refractivity (Wildman–Crippen MR) is 57.6 cm³/mol. The Bertz CT molecular complexity index is 570. The number of carboxylic acid groups (broad SMARTS) is 1. The van der Waals surface area contributed by atoms with E-state index in [2.05, 4.69) is 23.2 Å². The molecule has 0 spiro atoms. The third kappa shape index (κ3) is 1.33. The van der Waals surface area contributed by atoms with Crippen LogP contribution < -0.4 is 9.89 Å². The van der Waals surface area contributed by atoms with Crippen LogP contribution in [-0.4, -0.2) is 17.1 Å². The highest BCUT2D eigenvalue weighted by Gasteiger charge is 2.23. The summed E-state index contributed by atoms with van der Waals surface area (Å²) in [7, 11) is 0. The van der Waals surface area contributed by atoms with E-state index >= 15 is 0 Å². The van der Waals surface area contributed by atoms with Gasteiger partial charge in [-0.05, 0) is 12.5 Å². The topological polar surface area (TPSA) is 49.7 Å². The van der Waals surface area contributed by atoms with Gasteiger partial charge in [0.05, 0.1) is 6.04 Å². The number of aromatic carboxylic acids is 1. The Kier molecular flexibility index (Phi) is 1.79. The first kappa shape index (κ1) is 8.85. The van der Waals surface area contributed by atoms with Gasteiger partial charge in [-0.15, -0.1) is 11.3 Å². The summed E-state index contributed by atoms with van der Waals surface area (Å²) >= 11 is 1.26. The van der Waals surface area contributed by atoms with Crippen molar-refractivity contribution in [3.8, 4) is 0 Å². The van der Waals surface area contributed by atoms with E-state index in [1.54, 1.807) is 6.07 Å². The fourth-order valence-corrected chi connectivity index (χ4v) is 2.95. The maximum atomic E-state index is 10.8. The van der Waals surface area contributed by atoms with Gasteiger partial charge in [0.1, 0.15) is 9.55 Å². The SMILES string of the molecule is O=C(O)c1cc2c(s1)=NC1C=CCC1C=2. The summed E-state index contributed by atoms with van der Waals surface area (Å²) in [5, 5.41) is 9.87. The monoisotopic (exact) mass is 219 g/mol. The van der Waals surface area contributed by atoms with Crippen LogP contribution in [-0.2, 0) is 0 Å². The predicted octanol–water partition coefficient (Wildman–Crippen LogP) is 0.805. The zero-order valence-electron chi connectivity index (χ0n) is 7.88. The Balaban J connectivity index is 2.19. The number of carboxylic acids is 1. The molecule has 1 aliphatic heterocycles. The van der Waals surface area contributed by atoms with Crippen LogP contribution in [0.1, 0.15) is 16.1 Å². The zero-order valence-corrected chi connectivity index (χ0v) is 8.70. The molecular weight excluding hydrogens is 210 g/mol. The molecule has 2 unspecified atom stereocenters. The van der Waals surface area contributed by atoms with Crippen LogP contribution in [0.3, 0.4) is 0 Å². The lowest BCUT2D eigenvalue weighted by Crippen LogP contribution is -2.29. The lowest BCUT2D eigenvalue weighted by Gasteiger charge is -2.12. The Hall–Kier alpha value is -1.42. The molecule has 4 heteroatoms. The first-order valence-electron chi connectivity index (χ1n) is 4.83. The molecule has 76 valence electrons. The molecule has 0 bridgehead atoms. The van der Waals surface area contributed by atoms with Crippen molar-refractivity contribution in [3.05, 3.63) is 33.0 Å². The Morgan fingerprint density at radius 1 is 1.60 bits per heavy atom. The van der Waals surface area contributed by atoms with Gasteiger partial charge in [-0.2, -0.15) is 0 Å². The average Bonchev–Trinajstić information content (AvgIpc) is 2.77. The van der Waals surface area contributed by atoms with E-state index in [-0.39, 0.29) is 6.04 Å². The third-order valence-electron chi connectivity index (χ3n) is 2.79. The number of allylic oxidation sites excluding steroid dienone is 1. The van der Waals surface area contributed by atoms with Crippen molar-refractivity contribution in [2.24, 2.45) is 10.9 Å². The van der Waals surface area contributed by atoms with Gasteiger partial charge >= 0.3 is 5.97 Å². The van der Waals surface area contributed by atoms with Crippen LogP contribution in [0.4, 0.5) is 0 Å². The summed E-state index contributed by atoms with van der Waals surface area (Å²) in [5.41, 5.74) is 0. The molecule has 3 nitrogen and oxygen atoms in total. The summed E-state index contributed by atoms with van der Waals surface area (Å²) in [6.45, 7) is 0. The number of thiophene rings is 1. The quantitative estimate of drug-likeness (QED) is 0.710. The van der Waals surface area contributed by atoms with Gasteiger partial charge < -0.3 is 5.11 Å². The molecule has 0 aromatic carbocycles. The van der Waals surface area contributed by atoms with Gasteiger partial charge in [-0.3, -0.25) is 4.99 Å². The molecule has 0 saturated heterocycles. The summed E-state index contributed by atoms with van der Waals surface area (Å²) in [4.78, 5) is 15.7. The standard InChI is InChI=1S/C11H9NO2S/c13-11(14)9-5-7-4-6-2-1-3-8(6)12-10(7)15-9/h1,3-6,8H,2H2,(H,13,14). The number of hydrogen-bond acceptors (Lipinski definition) is 3. The van der Waals surface area contributed by atoms with Gasteiger partial charge in [0.15, 0.2) is 0 Å². The normalized spacial score (nSPS) is 26.4. The highest BCUT2D eigenvalue weighted by molar-refractivity contribution is 7.11. The van der Waals surface area contributed by atoms with Gasteiger partial charge in [-0.1, -0.05) is 18.2 Å². The Morgan fingerprint density at radius 3 is 3.27 bits per heavy atom. The van der Waals surface area contributed by atoms with E-state index in [0.29, 0.717) is 10.8 Å². The minimum Gasteiger partial charge on any atom is -0.477 e. The Labute approximate surface area is 90.1 Å². The summed E-state index contributed by atoms with van der Waals surface area (Å²) in [5.74, 6) is -0.424. The zero-order chi connectivity index (χ0) is 10.4. The molecule has 0 amide bonds. The highest BCUT2D eigenvalue weighted by Crippen LogP contribution is 2.24. The van der Waals surface area contributed by atoms with E-state index in [1.807, 2.05) is 0 Å². The van der Waals surface area contributed by atoms with Crippen molar-refractivity contribution < 1.29 is 9.90 Å². The van der Waals surface area contributed by atoms with Crippen molar-refractivity contribution in [3.63, 3.8) is 0 Å². The van der Waals surface area contributed by atoms with Crippen LogP contribution in [0, 0.1) is 5.92 Å². The molecule has 2 aliphatic rings. The number of fused-ring (bicyclic) bond motifs is 2. The van der Waals surface area contributed by atoms with E-state index in [9.17, 15) is 4.79 Å². The highest BCUT2D eigenvalue weighted by atomic mass is 32.1. The largest absolute Gasteiger partial charge is 0.477 e. The second kappa shape index (κ2) is 3.03. The van der Waals surface area contributed by atoms with Crippen LogP contribution >= 0.6 is 11.3 Å². The molecule has 1 aliphatic carbocycles. The van der Waals surface area contributed by atoms with E-state index in [4.69, 9.17) is 5.11 Å². The Morgan fingerprint density at radius 2 is 2.47 bits per heavy atom. The molecule has 3 rings (SSSR count). The summed E-state index contributed by atoms with van der Waals surface area (Å²) in [6.07, 6.45) is 7.41. The molecule has 15 heavy (non-hydrogen) atoms. The third-order valence-corrected chi connectivity index (χ3v) is 3.84. The first-order valence-corrected chi connectivity index (χ1v) is 5.65. The van der Waals surface area contributed by atoms with Gasteiger partial charge in [0.25, 0.3) is 0 Å². The molecule has 1 aromatic heterocycles. The first-order chi connectivity index (χ1) is 7.24. The van der Waals surface area contributed by atoms with Gasteiger partial charge in [0.2, 0.25) is 0 Å². The smallest absolute Gasteiger partial charge is 0.345 e. The van der Waals surface area contributed by atoms with Crippen molar-refractivity contribution in [2.75, 3.05) is 0 Å². The summed E-state index contributed by atoms with van der Waals surface area (Å²) < 4.78 is 0.861. The number of rotatable bonds is 1. The second-order valence-electron chi connectivity index (χ2n) is 3.79. The molecule has 0 radical (unpaired) electrons. The summed E-state index contributed by atoms with van der Waals surface area (Å²) in [6, 6.07) is 1.96. The van der Waals surface area contributed by atoms with Crippen LogP contribution in [0.25, 0.3) is 6.08 Å². The van der Waals surface area contributed by atoms with E-state index in [1.165, 1.54) is 11.3 Å². The molecular formula is C11H9NO2S. The van der Waals surface area contributed by atoms with Gasteiger partial charge in [-0.25, -0.2) is 4.79 Å². The van der Waals surface area contributed by atoms with Crippen LogP contribution in [0.5, 0.6) is 0 Å². The second-order valence-corrected chi connectivity index (χ2v) is 4.82. The number of nitrogens with zero attached hydrogens (tertiary/aromatic N) is 1. The molecule has 1 N–H and O–H groups in total. The fraction of sp³-hybridized carbons (Fsp3) is 0.273. The molecule has 0 saturated carbocycles. The van der Waals surface area contributed by atoms with Gasteiger partial charge in [0, 0.05) is 11.1 Å². The fourth-order valence-electron chi connectivity index (χ4n) is 2.05. The number of hydrogen-bond donors (Lipinski definition) is 1. The van der Waals surface area contributed by atoms with Crippen molar-refractivity contribution in [1.82, 2.24) is 0 Å². The molecule has 2 atom stereocenters. The van der Waals surface area contributed by atoms with E-state index in [0.717, 1.165) is 16.3 Å². The molecule has 0 fully saturated rings. The van der Waals surface area contributed by atoms with Crippen LogP contribution in [0.15, 0.2) is 23.2 Å². The van der Waals surface area contributed by atoms with Crippen molar-refractivity contribution in [2.45, 2.75) is 12.5 Å². The lowest BCUT2D eigenvalue weighted by atomic mass is 10.0. The van der Waals surface area contributed by atoms with E-state index < -0.39 is 5.97 Å². The average molecular weight is 219 g/mol.